The van der Waals surface area contributed by atoms with Crippen molar-refractivity contribution in [3.63, 3.8) is 0 Å². The van der Waals surface area contributed by atoms with Crippen LogP contribution in [0.15, 0.2) is 5.16 Å². The molecule has 0 heterocycles. The minimum absolute atomic E-state index is 0.105. The van der Waals surface area contributed by atoms with Crippen LogP contribution in [-0.2, 0) is 23.8 Å². The van der Waals surface area contributed by atoms with Crippen LogP contribution in [0.3, 0.4) is 0 Å². The van der Waals surface area contributed by atoms with Crippen LogP contribution in [0.2, 0.25) is 0 Å². The Hall–Kier alpha value is -0.850. The summed E-state index contributed by atoms with van der Waals surface area (Å²) in [5.74, 6) is -2.27. The maximum absolute atomic E-state index is 11.6. The molecule has 0 saturated heterocycles. The molecule has 0 bridgehead atoms. The second-order valence-electron chi connectivity index (χ2n) is 2.87. The average molecular weight is 268 g/mol. The normalized spacial score (nSPS) is 12.4. The van der Waals surface area contributed by atoms with E-state index < -0.39 is 11.8 Å². The molecule has 17 heavy (non-hydrogen) atoms. The SMILES string of the molecule is CCOC(CCl)(OCC)C(=NOC)C(=O)OC. The van der Waals surface area contributed by atoms with Crippen LogP contribution in [0.4, 0.5) is 0 Å². The van der Waals surface area contributed by atoms with Gasteiger partial charge in [0.2, 0.25) is 11.5 Å². The van der Waals surface area contributed by atoms with Gasteiger partial charge in [-0.05, 0) is 13.8 Å². The van der Waals surface area contributed by atoms with Crippen molar-refractivity contribution in [2.45, 2.75) is 19.6 Å². The van der Waals surface area contributed by atoms with Crippen molar-refractivity contribution >= 4 is 23.3 Å². The van der Waals surface area contributed by atoms with Crippen molar-refractivity contribution in [1.82, 2.24) is 0 Å². The van der Waals surface area contributed by atoms with Gasteiger partial charge in [-0.3, -0.25) is 0 Å². The number of rotatable bonds is 8. The van der Waals surface area contributed by atoms with Crippen molar-refractivity contribution in [3.05, 3.63) is 0 Å². The van der Waals surface area contributed by atoms with E-state index in [0.29, 0.717) is 13.2 Å². The van der Waals surface area contributed by atoms with Gasteiger partial charge in [0.25, 0.3) is 0 Å². The zero-order chi connectivity index (χ0) is 13.3. The zero-order valence-corrected chi connectivity index (χ0v) is 11.2. The fourth-order valence-corrected chi connectivity index (χ4v) is 1.52. The summed E-state index contributed by atoms with van der Waals surface area (Å²) in [6.45, 7) is 4.10. The molecule has 0 aliphatic rings. The van der Waals surface area contributed by atoms with E-state index in [-0.39, 0.29) is 11.6 Å². The molecule has 0 aliphatic carbocycles. The van der Waals surface area contributed by atoms with Gasteiger partial charge in [-0.15, -0.1) is 11.6 Å². The van der Waals surface area contributed by atoms with Gasteiger partial charge in [0.05, 0.1) is 13.0 Å². The van der Waals surface area contributed by atoms with Crippen LogP contribution in [0.1, 0.15) is 13.8 Å². The number of halogens is 1. The van der Waals surface area contributed by atoms with E-state index in [1.807, 2.05) is 0 Å². The number of hydrogen-bond acceptors (Lipinski definition) is 6. The molecule has 0 aromatic heterocycles. The fourth-order valence-electron chi connectivity index (χ4n) is 1.24. The predicted octanol–water partition coefficient (Wildman–Crippen LogP) is 1.17. The molecule has 0 N–H and O–H groups in total. The monoisotopic (exact) mass is 267 g/mol. The Bertz CT molecular complexity index is 263. The fraction of sp³-hybridized carbons (Fsp3) is 0.800. The highest BCUT2D eigenvalue weighted by molar-refractivity contribution is 6.40. The van der Waals surface area contributed by atoms with Crippen LogP contribution < -0.4 is 0 Å². The lowest BCUT2D eigenvalue weighted by Gasteiger charge is -2.30. The van der Waals surface area contributed by atoms with E-state index in [2.05, 4.69) is 14.7 Å². The molecule has 0 fully saturated rings. The topological polar surface area (TPSA) is 66.3 Å². The Labute approximate surface area is 106 Å². The smallest absolute Gasteiger partial charge is 0.361 e. The highest BCUT2D eigenvalue weighted by Gasteiger charge is 2.43. The first-order valence-electron chi connectivity index (χ1n) is 5.15. The molecule has 0 atom stereocenters. The number of ether oxygens (including phenoxy) is 3. The number of esters is 1. The zero-order valence-electron chi connectivity index (χ0n) is 10.5. The molecule has 0 amide bonds. The largest absolute Gasteiger partial charge is 0.464 e. The van der Waals surface area contributed by atoms with Crippen molar-refractivity contribution in [2.75, 3.05) is 33.3 Å². The second-order valence-corrected chi connectivity index (χ2v) is 3.13. The molecule has 100 valence electrons. The number of alkyl halides is 1. The molecule has 0 rings (SSSR count). The Morgan fingerprint density at radius 1 is 1.24 bits per heavy atom. The third-order valence-corrected chi connectivity index (χ3v) is 2.20. The molecule has 0 aromatic rings. The first kappa shape index (κ1) is 16.1. The number of carbonyl (C=O) groups excluding carboxylic acids is 1. The van der Waals surface area contributed by atoms with Gasteiger partial charge in [-0.2, -0.15) is 0 Å². The van der Waals surface area contributed by atoms with E-state index in [0.717, 1.165) is 0 Å². The maximum Gasteiger partial charge on any atom is 0.361 e. The summed E-state index contributed by atoms with van der Waals surface area (Å²) < 4.78 is 15.4. The van der Waals surface area contributed by atoms with Crippen LogP contribution >= 0.6 is 11.6 Å². The van der Waals surface area contributed by atoms with Crippen molar-refractivity contribution in [2.24, 2.45) is 5.16 Å². The van der Waals surface area contributed by atoms with Gasteiger partial charge >= 0.3 is 5.97 Å². The summed E-state index contributed by atoms with van der Waals surface area (Å²) in [5, 5.41) is 3.58. The van der Waals surface area contributed by atoms with Crippen LogP contribution in [-0.4, -0.2) is 50.8 Å². The summed E-state index contributed by atoms with van der Waals surface area (Å²) in [7, 11) is 2.53. The number of methoxy groups -OCH3 is 1. The molecule has 0 unspecified atom stereocenters. The van der Waals surface area contributed by atoms with Gasteiger partial charge in [0, 0.05) is 13.2 Å². The van der Waals surface area contributed by atoms with Crippen LogP contribution in [0, 0.1) is 0 Å². The summed E-state index contributed by atoms with van der Waals surface area (Å²) in [6, 6.07) is 0. The molecular weight excluding hydrogens is 250 g/mol. The molecule has 0 radical (unpaired) electrons. The second kappa shape index (κ2) is 8.27. The molecule has 0 aromatic carbocycles. The maximum atomic E-state index is 11.6. The van der Waals surface area contributed by atoms with Gasteiger partial charge < -0.3 is 19.0 Å². The number of nitrogens with zero attached hydrogens (tertiary/aromatic N) is 1. The van der Waals surface area contributed by atoms with Crippen molar-refractivity contribution in [1.29, 1.82) is 0 Å². The van der Waals surface area contributed by atoms with Crippen molar-refractivity contribution < 1.29 is 23.8 Å². The van der Waals surface area contributed by atoms with E-state index in [4.69, 9.17) is 21.1 Å². The Balaban J connectivity index is 5.32. The van der Waals surface area contributed by atoms with Gasteiger partial charge in [-0.1, -0.05) is 5.16 Å². The number of carbonyl (C=O) groups is 1. The molecular formula is C10H18ClNO5. The molecule has 0 spiro atoms. The van der Waals surface area contributed by atoms with Gasteiger partial charge in [0.1, 0.15) is 7.11 Å². The van der Waals surface area contributed by atoms with Gasteiger partial charge in [0.15, 0.2) is 0 Å². The molecule has 0 saturated carbocycles. The minimum atomic E-state index is -1.45. The van der Waals surface area contributed by atoms with Gasteiger partial charge in [-0.25, -0.2) is 4.79 Å². The first-order chi connectivity index (χ1) is 8.11. The Kier molecular flexibility index (Phi) is 7.86. The lowest BCUT2D eigenvalue weighted by Crippen LogP contribution is -2.50. The molecule has 0 aliphatic heterocycles. The van der Waals surface area contributed by atoms with Crippen LogP contribution in [0.5, 0.6) is 0 Å². The van der Waals surface area contributed by atoms with E-state index in [1.54, 1.807) is 13.8 Å². The summed E-state index contributed by atoms with van der Waals surface area (Å²) >= 11 is 5.82. The van der Waals surface area contributed by atoms with E-state index in [9.17, 15) is 4.79 Å². The lowest BCUT2D eigenvalue weighted by molar-refractivity contribution is -0.175. The minimum Gasteiger partial charge on any atom is -0.464 e. The number of hydrogen-bond donors (Lipinski definition) is 0. The van der Waals surface area contributed by atoms with E-state index in [1.165, 1.54) is 14.2 Å². The standard InChI is InChI=1S/C10H18ClNO5/c1-5-16-10(7-11,17-6-2)8(12-15-4)9(13)14-3/h5-7H2,1-4H3. The molecule has 6 nitrogen and oxygen atoms in total. The third kappa shape index (κ3) is 4.14. The van der Waals surface area contributed by atoms with E-state index >= 15 is 0 Å². The van der Waals surface area contributed by atoms with Crippen molar-refractivity contribution in [3.8, 4) is 0 Å². The highest BCUT2D eigenvalue weighted by Crippen LogP contribution is 2.19. The summed E-state index contributed by atoms with van der Waals surface area (Å²) in [5.41, 5.74) is -0.152. The third-order valence-electron chi connectivity index (χ3n) is 1.85. The highest BCUT2D eigenvalue weighted by atomic mass is 35.5. The summed E-state index contributed by atoms with van der Waals surface area (Å²) in [6.07, 6.45) is 0. The summed E-state index contributed by atoms with van der Waals surface area (Å²) in [4.78, 5) is 16.2. The first-order valence-corrected chi connectivity index (χ1v) is 5.69. The predicted molar refractivity (Wildman–Crippen MR) is 63.2 cm³/mol. The number of oxime groups is 1. The molecule has 7 heteroatoms. The van der Waals surface area contributed by atoms with Crippen LogP contribution in [0.25, 0.3) is 0 Å². The lowest BCUT2D eigenvalue weighted by atomic mass is 10.2. The quantitative estimate of drug-likeness (QED) is 0.217. The Morgan fingerprint density at radius 3 is 2.06 bits per heavy atom. The average Bonchev–Trinajstić information content (AvgIpc) is 2.34. The Morgan fingerprint density at radius 2 is 1.76 bits per heavy atom.